The number of aliphatic hydroxyl groups excluding tert-OH is 1. The van der Waals surface area contributed by atoms with Crippen molar-refractivity contribution in [2.24, 2.45) is 5.41 Å². The van der Waals surface area contributed by atoms with Crippen molar-refractivity contribution in [3.8, 4) is 0 Å². The highest BCUT2D eigenvalue weighted by atomic mass is 32.2. The van der Waals surface area contributed by atoms with E-state index in [-0.39, 0.29) is 11.5 Å². The molecule has 0 saturated carbocycles. The quantitative estimate of drug-likeness (QED) is 0.807. The van der Waals surface area contributed by atoms with E-state index in [2.05, 4.69) is 19.2 Å². The van der Waals surface area contributed by atoms with Gasteiger partial charge in [-0.1, -0.05) is 26.0 Å². The molecule has 0 saturated heterocycles. The van der Waals surface area contributed by atoms with Crippen LogP contribution < -0.4 is 5.32 Å². The summed E-state index contributed by atoms with van der Waals surface area (Å²) in [6.07, 6.45) is 2.20. The van der Waals surface area contributed by atoms with Crippen LogP contribution in [0.25, 0.3) is 0 Å². The monoisotopic (exact) mass is 283 g/mol. The molecule has 0 spiro atoms. The standard InChI is InChI=1S/C15H25NO2S/c1-12(17)9-15(2,3)11-16-10-13-5-7-14(8-6-13)19(4)18/h5-8,12,16-17H,9-11H2,1-4H3. The van der Waals surface area contributed by atoms with Gasteiger partial charge >= 0.3 is 0 Å². The Hall–Kier alpha value is -0.710. The SMILES string of the molecule is CC(O)CC(C)(C)CNCc1ccc(S(C)=O)cc1. The predicted octanol–water partition coefficient (Wildman–Crippen LogP) is 2.31. The van der Waals surface area contributed by atoms with E-state index < -0.39 is 10.8 Å². The molecular weight excluding hydrogens is 258 g/mol. The van der Waals surface area contributed by atoms with E-state index in [1.54, 1.807) is 6.26 Å². The van der Waals surface area contributed by atoms with Gasteiger partial charge in [0.1, 0.15) is 0 Å². The van der Waals surface area contributed by atoms with Gasteiger partial charge in [0, 0.05) is 35.0 Å². The fourth-order valence-electron chi connectivity index (χ4n) is 2.22. The second-order valence-electron chi connectivity index (χ2n) is 5.92. The number of hydrogen-bond acceptors (Lipinski definition) is 3. The molecule has 108 valence electrons. The lowest BCUT2D eigenvalue weighted by Crippen LogP contribution is -2.31. The van der Waals surface area contributed by atoms with Crippen molar-refractivity contribution in [2.45, 2.75) is 44.7 Å². The van der Waals surface area contributed by atoms with Gasteiger partial charge in [0.2, 0.25) is 0 Å². The van der Waals surface area contributed by atoms with Crippen LogP contribution in [0.4, 0.5) is 0 Å². The number of benzene rings is 1. The van der Waals surface area contributed by atoms with E-state index in [1.165, 1.54) is 5.56 Å². The van der Waals surface area contributed by atoms with E-state index in [0.717, 1.165) is 24.4 Å². The number of aliphatic hydroxyl groups is 1. The molecule has 2 N–H and O–H groups in total. The molecule has 0 aromatic heterocycles. The molecule has 3 nitrogen and oxygen atoms in total. The van der Waals surface area contributed by atoms with Gasteiger partial charge in [0.25, 0.3) is 0 Å². The molecule has 1 rings (SSSR count). The maximum atomic E-state index is 11.3. The molecule has 0 fully saturated rings. The minimum atomic E-state index is -0.912. The summed E-state index contributed by atoms with van der Waals surface area (Å²) in [6.45, 7) is 7.77. The van der Waals surface area contributed by atoms with Crippen LogP contribution in [0, 0.1) is 5.41 Å². The highest BCUT2D eigenvalue weighted by molar-refractivity contribution is 7.84. The molecule has 1 aromatic rings. The largest absolute Gasteiger partial charge is 0.393 e. The molecule has 0 amide bonds. The van der Waals surface area contributed by atoms with Gasteiger partial charge in [-0.05, 0) is 36.5 Å². The molecule has 4 heteroatoms. The number of nitrogens with one attached hydrogen (secondary N) is 1. The molecule has 0 radical (unpaired) electrons. The average molecular weight is 283 g/mol. The molecule has 0 heterocycles. The van der Waals surface area contributed by atoms with E-state index in [0.29, 0.717) is 0 Å². The molecule has 19 heavy (non-hydrogen) atoms. The van der Waals surface area contributed by atoms with Crippen LogP contribution in [0.5, 0.6) is 0 Å². The molecule has 0 aliphatic rings. The number of rotatable bonds is 7. The summed E-state index contributed by atoms with van der Waals surface area (Å²) in [7, 11) is -0.912. The van der Waals surface area contributed by atoms with Crippen molar-refractivity contribution < 1.29 is 9.32 Å². The van der Waals surface area contributed by atoms with Gasteiger partial charge in [-0.2, -0.15) is 0 Å². The van der Waals surface area contributed by atoms with Crippen molar-refractivity contribution in [2.75, 3.05) is 12.8 Å². The smallest absolute Gasteiger partial charge is 0.0517 e. The third-order valence-electron chi connectivity index (χ3n) is 3.04. The first-order valence-corrected chi connectivity index (χ1v) is 8.17. The maximum Gasteiger partial charge on any atom is 0.0517 e. The number of hydrogen-bond donors (Lipinski definition) is 2. The van der Waals surface area contributed by atoms with E-state index in [9.17, 15) is 9.32 Å². The zero-order chi connectivity index (χ0) is 14.5. The minimum absolute atomic E-state index is 0.0824. The Balaban J connectivity index is 2.42. The van der Waals surface area contributed by atoms with Crippen molar-refractivity contribution in [3.05, 3.63) is 29.8 Å². The highest BCUT2D eigenvalue weighted by Crippen LogP contribution is 2.21. The molecule has 0 bridgehead atoms. The molecule has 2 atom stereocenters. The van der Waals surface area contributed by atoms with Gasteiger partial charge in [0.05, 0.1) is 6.10 Å². The van der Waals surface area contributed by atoms with Gasteiger partial charge in [-0.15, -0.1) is 0 Å². The predicted molar refractivity (Wildman–Crippen MR) is 80.6 cm³/mol. The first kappa shape index (κ1) is 16.3. The van der Waals surface area contributed by atoms with Crippen LogP contribution in [-0.2, 0) is 17.3 Å². The topological polar surface area (TPSA) is 49.3 Å². The molecular formula is C15H25NO2S. The lowest BCUT2D eigenvalue weighted by atomic mass is 9.87. The van der Waals surface area contributed by atoms with Crippen LogP contribution in [-0.4, -0.2) is 28.2 Å². The third-order valence-corrected chi connectivity index (χ3v) is 3.97. The second kappa shape index (κ2) is 7.17. The van der Waals surface area contributed by atoms with Crippen molar-refractivity contribution in [1.82, 2.24) is 5.32 Å². The molecule has 1 aromatic carbocycles. The Bertz CT molecular complexity index is 413. The first-order valence-electron chi connectivity index (χ1n) is 6.61. The summed E-state index contributed by atoms with van der Waals surface area (Å²) in [6, 6.07) is 7.83. The zero-order valence-corrected chi connectivity index (χ0v) is 13.1. The van der Waals surface area contributed by atoms with E-state index in [4.69, 9.17) is 0 Å². The fraction of sp³-hybridized carbons (Fsp3) is 0.600. The fourth-order valence-corrected chi connectivity index (χ4v) is 2.74. The summed E-state index contributed by atoms with van der Waals surface area (Å²) in [4.78, 5) is 0.859. The van der Waals surface area contributed by atoms with Gasteiger partial charge < -0.3 is 10.4 Å². The highest BCUT2D eigenvalue weighted by Gasteiger charge is 2.19. The van der Waals surface area contributed by atoms with Crippen molar-refractivity contribution in [1.29, 1.82) is 0 Å². The lowest BCUT2D eigenvalue weighted by Gasteiger charge is -2.26. The summed E-state index contributed by atoms with van der Waals surface area (Å²) in [5, 5.41) is 12.8. The van der Waals surface area contributed by atoms with Crippen LogP contribution in [0.3, 0.4) is 0 Å². The summed E-state index contributed by atoms with van der Waals surface area (Å²) in [5.41, 5.74) is 1.26. The van der Waals surface area contributed by atoms with E-state index in [1.807, 2.05) is 31.2 Å². The lowest BCUT2D eigenvalue weighted by molar-refractivity contribution is 0.128. The minimum Gasteiger partial charge on any atom is -0.393 e. The van der Waals surface area contributed by atoms with Gasteiger partial charge in [0.15, 0.2) is 0 Å². The normalized spacial score (nSPS) is 15.2. The van der Waals surface area contributed by atoms with Crippen molar-refractivity contribution >= 4 is 10.8 Å². The van der Waals surface area contributed by atoms with Crippen LogP contribution >= 0.6 is 0 Å². The molecule has 2 unspecified atom stereocenters. The maximum absolute atomic E-state index is 11.3. The summed E-state index contributed by atoms with van der Waals surface area (Å²) >= 11 is 0. The molecule has 0 aliphatic heterocycles. The Kier molecular flexibility index (Phi) is 6.17. The Morgan fingerprint density at radius 3 is 2.37 bits per heavy atom. The van der Waals surface area contributed by atoms with Gasteiger partial charge in [-0.25, -0.2) is 0 Å². The van der Waals surface area contributed by atoms with Gasteiger partial charge in [-0.3, -0.25) is 4.21 Å². The van der Waals surface area contributed by atoms with Crippen molar-refractivity contribution in [3.63, 3.8) is 0 Å². The summed E-state index contributed by atoms with van der Waals surface area (Å²) in [5.74, 6) is 0. The molecule has 0 aliphatic carbocycles. The Morgan fingerprint density at radius 1 is 1.32 bits per heavy atom. The Labute approximate surface area is 118 Å². The third kappa shape index (κ3) is 6.32. The first-order chi connectivity index (χ1) is 8.80. The average Bonchev–Trinajstić information content (AvgIpc) is 2.27. The van der Waals surface area contributed by atoms with Crippen LogP contribution in [0.15, 0.2) is 29.2 Å². The second-order valence-corrected chi connectivity index (χ2v) is 7.30. The Morgan fingerprint density at radius 2 is 1.89 bits per heavy atom. The van der Waals surface area contributed by atoms with E-state index >= 15 is 0 Å². The summed E-state index contributed by atoms with van der Waals surface area (Å²) < 4.78 is 11.3. The zero-order valence-electron chi connectivity index (χ0n) is 12.3. The van der Waals surface area contributed by atoms with Crippen LogP contribution in [0.1, 0.15) is 32.8 Å². The van der Waals surface area contributed by atoms with Crippen LogP contribution in [0.2, 0.25) is 0 Å².